The maximum atomic E-state index is 10.3. The Morgan fingerprint density at radius 3 is 2.53 bits per heavy atom. The molecule has 0 aromatic heterocycles. The van der Waals surface area contributed by atoms with E-state index in [2.05, 4.69) is 20.8 Å². The van der Waals surface area contributed by atoms with Crippen molar-refractivity contribution in [3.63, 3.8) is 0 Å². The van der Waals surface area contributed by atoms with Gasteiger partial charge in [0.2, 0.25) is 0 Å². The predicted molar refractivity (Wildman–Crippen MR) is 69.6 cm³/mol. The maximum absolute atomic E-state index is 10.3. The minimum Gasteiger partial charge on any atom is -0.396 e. The van der Waals surface area contributed by atoms with Crippen molar-refractivity contribution in [1.82, 2.24) is 0 Å². The Bertz CT molecular complexity index is 264. The highest BCUT2D eigenvalue weighted by atomic mass is 16.3. The standard InChI is InChI=1S/C15H28O2/c1-10(2)11-6-7-15(3)13(8-11)12(9-16)4-5-14(15)17/h10-14,16-17H,4-9H2,1-3H3/t11-,12+,13+,14?,15-/m1/s1. The summed E-state index contributed by atoms with van der Waals surface area (Å²) < 4.78 is 0. The van der Waals surface area contributed by atoms with Gasteiger partial charge in [0.1, 0.15) is 0 Å². The lowest BCUT2D eigenvalue weighted by Gasteiger charge is -2.54. The first kappa shape index (κ1) is 13.4. The third-order valence-corrected chi connectivity index (χ3v) is 5.78. The van der Waals surface area contributed by atoms with E-state index in [1.807, 2.05) is 0 Å². The molecule has 0 amide bonds. The van der Waals surface area contributed by atoms with Crippen molar-refractivity contribution >= 4 is 0 Å². The number of aliphatic hydroxyl groups excluding tert-OH is 2. The molecule has 0 heterocycles. The van der Waals surface area contributed by atoms with Crippen molar-refractivity contribution in [2.75, 3.05) is 6.61 Å². The smallest absolute Gasteiger partial charge is 0.0596 e. The minimum absolute atomic E-state index is 0.0665. The van der Waals surface area contributed by atoms with Crippen LogP contribution in [0.2, 0.25) is 0 Å². The van der Waals surface area contributed by atoms with E-state index in [4.69, 9.17) is 0 Å². The highest BCUT2D eigenvalue weighted by Gasteiger charge is 2.50. The Kier molecular flexibility index (Phi) is 3.84. The van der Waals surface area contributed by atoms with Crippen molar-refractivity contribution < 1.29 is 10.2 Å². The van der Waals surface area contributed by atoms with Gasteiger partial charge in [-0.05, 0) is 61.2 Å². The van der Waals surface area contributed by atoms with Crippen molar-refractivity contribution in [2.24, 2.45) is 29.1 Å². The summed E-state index contributed by atoms with van der Waals surface area (Å²) in [7, 11) is 0. The summed E-state index contributed by atoms with van der Waals surface area (Å²) >= 11 is 0. The Balaban J connectivity index is 2.17. The van der Waals surface area contributed by atoms with E-state index >= 15 is 0 Å². The van der Waals surface area contributed by atoms with E-state index in [-0.39, 0.29) is 11.5 Å². The van der Waals surface area contributed by atoms with Crippen LogP contribution in [-0.2, 0) is 0 Å². The molecule has 0 spiro atoms. The molecule has 5 atom stereocenters. The molecule has 0 aromatic rings. The number of hydrogen-bond donors (Lipinski definition) is 2. The van der Waals surface area contributed by atoms with Crippen molar-refractivity contribution in [3.8, 4) is 0 Å². The molecule has 2 heteroatoms. The number of aliphatic hydroxyl groups is 2. The summed E-state index contributed by atoms with van der Waals surface area (Å²) in [5, 5.41) is 19.9. The van der Waals surface area contributed by atoms with Gasteiger partial charge in [0.25, 0.3) is 0 Å². The van der Waals surface area contributed by atoms with E-state index in [0.717, 1.165) is 31.1 Å². The second kappa shape index (κ2) is 4.89. The molecular formula is C15H28O2. The molecule has 0 saturated heterocycles. The van der Waals surface area contributed by atoms with E-state index in [1.54, 1.807) is 0 Å². The Morgan fingerprint density at radius 2 is 1.94 bits per heavy atom. The van der Waals surface area contributed by atoms with Gasteiger partial charge in [-0.15, -0.1) is 0 Å². The molecule has 2 rings (SSSR count). The molecule has 2 aliphatic rings. The van der Waals surface area contributed by atoms with Crippen LogP contribution in [0.25, 0.3) is 0 Å². The molecule has 1 unspecified atom stereocenters. The predicted octanol–water partition coefficient (Wildman–Crippen LogP) is 2.83. The van der Waals surface area contributed by atoms with E-state index in [1.165, 1.54) is 12.8 Å². The van der Waals surface area contributed by atoms with Gasteiger partial charge in [-0.25, -0.2) is 0 Å². The molecule has 2 aliphatic carbocycles. The van der Waals surface area contributed by atoms with Gasteiger partial charge in [0.05, 0.1) is 6.10 Å². The fraction of sp³-hybridized carbons (Fsp3) is 1.00. The molecule has 17 heavy (non-hydrogen) atoms. The second-order valence-electron chi connectivity index (χ2n) is 6.93. The largest absolute Gasteiger partial charge is 0.396 e. The summed E-state index contributed by atoms with van der Waals surface area (Å²) in [5.74, 6) is 2.47. The lowest BCUT2D eigenvalue weighted by molar-refractivity contribution is -0.115. The summed E-state index contributed by atoms with van der Waals surface area (Å²) in [4.78, 5) is 0. The monoisotopic (exact) mass is 240 g/mol. The first-order chi connectivity index (χ1) is 7.99. The van der Waals surface area contributed by atoms with Gasteiger partial charge < -0.3 is 10.2 Å². The van der Waals surface area contributed by atoms with Crippen LogP contribution in [0.3, 0.4) is 0 Å². The molecule has 2 N–H and O–H groups in total. The van der Waals surface area contributed by atoms with Gasteiger partial charge in [0, 0.05) is 6.61 Å². The van der Waals surface area contributed by atoms with Gasteiger partial charge in [-0.3, -0.25) is 0 Å². The SMILES string of the molecule is CC(C)[C@@H]1CC[C@@]2(C)C(O)CC[C@@H](CO)[C@@H]2C1. The van der Waals surface area contributed by atoms with Crippen LogP contribution in [-0.4, -0.2) is 22.9 Å². The second-order valence-corrected chi connectivity index (χ2v) is 6.93. The zero-order chi connectivity index (χ0) is 12.6. The van der Waals surface area contributed by atoms with Crippen LogP contribution in [0, 0.1) is 29.1 Å². The van der Waals surface area contributed by atoms with E-state index < -0.39 is 0 Å². The molecule has 2 fully saturated rings. The van der Waals surface area contributed by atoms with Gasteiger partial charge in [-0.1, -0.05) is 20.8 Å². The van der Waals surface area contributed by atoms with Crippen LogP contribution < -0.4 is 0 Å². The van der Waals surface area contributed by atoms with Crippen molar-refractivity contribution in [1.29, 1.82) is 0 Å². The first-order valence-corrected chi connectivity index (χ1v) is 7.28. The van der Waals surface area contributed by atoms with E-state index in [0.29, 0.717) is 18.4 Å². The van der Waals surface area contributed by atoms with Crippen molar-refractivity contribution in [3.05, 3.63) is 0 Å². The number of hydrogen-bond acceptors (Lipinski definition) is 2. The number of fused-ring (bicyclic) bond motifs is 1. The third kappa shape index (κ3) is 2.26. The van der Waals surface area contributed by atoms with E-state index in [9.17, 15) is 10.2 Å². The van der Waals surface area contributed by atoms with Gasteiger partial charge in [0.15, 0.2) is 0 Å². The third-order valence-electron chi connectivity index (χ3n) is 5.78. The molecule has 0 aliphatic heterocycles. The number of rotatable bonds is 2. The van der Waals surface area contributed by atoms with Gasteiger partial charge >= 0.3 is 0 Å². The highest BCUT2D eigenvalue weighted by Crippen LogP contribution is 2.54. The molecule has 2 nitrogen and oxygen atoms in total. The topological polar surface area (TPSA) is 40.5 Å². The van der Waals surface area contributed by atoms with Crippen LogP contribution in [0.5, 0.6) is 0 Å². The van der Waals surface area contributed by atoms with Gasteiger partial charge in [-0.2, -0.15) is 0 Å². The zero-order valence-corrected chi connectivity index (χ0v) is 11.5. The summed E-state index contributed by atoms with van der Waals surface area (Å²) in [6.07, 6.45) is 5.32. The average molecular weight is 240 g/mol. The van der Waals surface area contributed by atoms with Crippen LogP contribution in [0.1, 0.15) is 52.9 Å². The Hall–Kier alpha value is -0.0800. The molecule has 100 valence electrons. The molecule has 2 saturated carbocycles. The lowest BCUT2D eigenvalue weighted by Crippen LogP contribution is -2.51. The normalized spacial score (nSPS) is 46.9. The quantitative estimate of drug-likeness (QED) is 0.779. The highest BCUT2D eigenvalue weighted by molar-refractivity contribution is 5.00. The summed E-state index contributed by atoms with van der Waals surface area (Å²) in [5.41, 5.74) is 0.0665. The van der Waals surface area contributed by atoms with Crippen LogP contribution in [0.15, 0.2) is 0 Å². The van der Waals surface area contributed by atoms with Crippen LogP contribution in [0.4, 0.5) is 0 Å². The van der Waals surface area contributed by atoms with Crippen LogP contribution >= 0.6 is 0 Å². The summed E-state index contributed by atoms with van der Waals surface area (Å²) in [6, 6.07) is 0. The molecule has 0 bridgehead atoms. The summed E-state index contributed by atoms with van der Waals surface area (Å²) in [6.45, 7) is 7.17. The Morgan fingerprint density at radius 1 is 1.24 bits per heavy atom. The fourth-order valence-electron chi connectivity index (χ4n) is 4.27. The fourth-order valence-corrected chi connectivity index (χ4v) is 4.27. The first-order valence-electron chi connectivity index (χ1n) is 7.28. The molecule has 0 radical (unpaired) electrons. The zero-order valence-electron chi connectivity index (χ0n) is 11.5. The van der Waals surface area contributed by atoms with Crippen molar-refractivity contribution in [2.45, 2.75) is 59.0 Å². The molecule has 0 aromatic carbocycles. The molecular weight excluding hydrogens is 212 g/mol. The minimum atomic E-state index is -0.150. The Labute approximate surface area is 105 Å². The maximum Gasteiger partial charge on any atom is 0.0596 e. The lowest BCUT2D eigenvalue weighted by atomic mass is 9.53. The average Bonchev–Trinajstić information content (AvgIpc) is 2.30.